The number of aromatic nitrogens is 2. The Hall–Kier alpha value is -2.82. The van der Waals surface area contributed by atoms with E-state index in [9.17, 15) is 0 Å². The van der Waals surface area contributed by atoms with Crippen molar-refractivity contribution in [3.05, 3.63) is 65.5 Å². The van der Waals surface area contributed by atoms with Crippen LogP contribution in [0, 0.1) is 13.8 Å². The molecule has 0 aliphatic rings. The molecule has 0 atom stereocenters. The lowest BCUT2D eigenvalue weighted by Crippen LogP contribution is -2.37. The number of hydrogen-bond donors (Lipinski definition) is 2. The van der Waals surface area contributed by atoms with E-state index in [0.29, 0.717) is 0 Å². The molecule has 136 valence electrons. The van der Waals surface area contributed by atoms with Crippen molar-refractivity contribution in [1.82, 2.24) is 20.2 Å². The van der Waals surface area contributed by atoms with Crippen LogP contribution in [0.4, 0.5) is 0 Å². The fourth-order valence-corrected chi connectivity index (χ4v) is 3.09. The monoisotopic (exact) mass is 349 g/mol. The quantitative estimate of drug-likeness (QED) is 0.407. The second-order valence-corrected chi connectivity index (χ2v) is 6.56. The largest absolute Gasteiger partial charge is 0.356 e. The molecular formula is C21H27N5. The van der Waals surface area contributed by atoms with Crippen LogP contribution in [0.15, 0.2) is 53.8 Å². The van der Waals surface area contributed by atoms with Crippen LogP contribution in [-0.4, -0.2) is 29.1 Å². The lowest BCUT2D eigenvalue weighted by atomic mass is 10.1. The van der Waals surface area contributed by atoms with Gasteiger partial charge in [-0.05, 0) is 43.5 Å². The van der Waals surface area contributed by atoms with Gasteiger partial charge in [0.15, 0.2) is 5.96 Å². The number of benzene rings is 2. The van der Waals surface area contributed by atoms with Crippen LogP contribution in [0.2, 0.25) is 0 Å². The molecule has 5 heteroatoms. The highest BCUT2D eigenvalue weighted by atomic mass is 15.2. The summed E-state index contributed by atoms with van der Waals surface area (Å²) in [7, 11) is 1.81. The van der Waals surface area contributed by atoms with E-state index in [-0.39, 0.29) is 0 Å². The molecule has 2 N–H and O–H groups in total. The highest BCUT2D eigenvalue weighted by Gasteiger charge is 2.03. The lowest BCUT2D eigenvalue weighted by molar-refractivity contribution is 0.637. The smallest absolute Gasteiger partial charge is 0.191 e. The minimum Gasteiger partial charge on any atom is -0.356 e. The minimum absolute atomic E-state index is 0.776. The molecule has 2 aromatic carbocycles. The van der Waals surface area contributed by atoms with Crippen LogP contribution in [0.1, 0.15) is 23.1 Å². The van der Waals surface area contributed by atoms with Crippen LogP contribution >= 0.6 is 0 Å². The van der Waals surface area contributed by atoms with Gasteiger partial charge in [0.1, 0.15) is 0 Å². The molecule has 0 saturated carbocycles. The second-order valence-electron chi connectivity index (χ2n) is 6.56. The normalized spacial score (nSPS) is 11.7. The van der Waals surface area contributed by atoms with E-state index in [1.165, 1.54) is 22.2 Å². The zero-order valence-electron chi connectivity index (χ0n) is 15.8. The van der Waals surface area contributed by atoms with Crippen molar-refractivity contribution >= 4 is 17.0 Å². The van der Waals surface area contributed by atoms with Crippen molar-refractivity contribution < 1.29 is 0 Å². The number of imidazole rings is 1. The molecule has 1 heterocycles. The third-order valence-corrected chi connectivity index (χ3v) is 4.56. The molecule has 0 spiro atoms. The first-order valence-electron chi connectivity index (χ1n) is 9.08. The van der Waals surface area contributed by atoms with Crippen molar-refractivity contribution in [2.75, 3.05) is 13.6 Å². The molecule has 0 bridgehead atoms. The fraction of sp³-hybridized carbons (Fsp3) is 0.333. The molecule has 0 aliphatic heterocycles. The number of aryl methyl sites for hydroxylation is 3. The molecule has 3 aromatic rings. The van der Waals surface area contributed by atoms with Gasteiger partial charge in [0.05, 0.1) is 17.4 Å². The Balaban J connectivity index is 1.45. The maximum atomic E-state index is 4.43. The van der Waals surface area contributed by atoms with Crippen molar-refractivity contribution in [3.8, 4) is 0 Å². The number of guanidine groups is 1. The van der Waals surface area contributed by atoms with Gasteiger partial charge < -0.3 is 15.2 Å². The number of nitrogens with one attached hydrogen (secondary N) is 2. The molecule has 26 heavy (non-hydrogen) atoms. The maximum Gasteiger partial charge on any atom is 0.191 e. The molecule has 0 amide bonds. The summed E-state index contributed by atoms with van der Waals surface area (Å²) in [6.45, 7) is 6.84. The third-order valence-electron chi connectivity index (χ3n) is 4.56. The fourth-order valence-electron chi connectivity index (χ4n) is 3.09. The van der Waals surface area contributed by atoms with Crippen molar-refractivity contribution in [3.63, 3.8) is 0 Å². The minimum atomic E-state index is 0.776. The molecule has 3 rings (SSSR count). The van der Waals surface area contributed by atoms with Gasteiger partial charge in [-0.3, -0.25) is 4.99 Å². The van der Waals surface area contributed by atoms with Gasteiger partial charge in [0, 0.05) is 26.7 Å². The van der Waals surface area contributed by atoms with Gasteiger partial charge in [0.2, 0.25) is 0 Å². The standard InChI is InChI=1S/C21H27N5/c1-16-9-10-18(17(2)13-16)14-24-21(22-3)23-11-6-12-26-15-25-19-7-4-5-8-20(19)26/h4-5,7-10,13,15H,6,11-12,14H2,1-3H3,(H2,22,23,24). The van der Waals surface area contributed by atoms with Gasteiger partial charge in [-0.2, -0.15) is 0 Å². The van der Waals surface area contributed by atoms with E-state index in [4.69, 9.17) is 0 Å². The van der Waals surface area contributed by atoms with Gasteiger partial charge in [-0.1, -0.05) is 35.9 Å². The highest BCUT2D eigenvalue weighted by molar-refractivity contribution is 5.79. The van der Waals surface area contributed by atoms with E-state index in [2.05, 4.69) is 69.4 Å². The summed E-state index contributed by atoms with van der Waals surface area (Å²) in [6, 6.07) is 14.8. The first-order chi connectivity index (χ1) is 12.7. The summed E-state index contributed by atoms with van der Waals surface area (Å²) < 4.78 is 2.20. The predicted octanol–water partition coefficient (Wildman–Crippen LogP) is 3.41. The highest BCUT2D eigenvalue weighted by Crippen LogP contribution is 2.12. The summed E-state index contributed by atoms with van der Waals surface area (Å²) >= 11 is 0. The Morgan fingerprint density at radius 2 is 1.96 bits per heavy atom. The van der Waals surface area contributed by atoms with Gasteiger partial charge >= 0.3 is 0 Å². The molecule has 5 nitrogen and oxygen atoms in total. The molecule has 1 aromatic heterocycles. The molecular weight excluding hydrogens is 322 g/mol. The van der Waals surface area contributed by atoms with Crippen LogP contribution in [-0.2, 0) is 13.1 Å². The first-order valence-corrected chi connectivity index (χ1v) is 9.08. The SMILES string of the molecule is CN=C(NCCCn1cnc2ccccc21)NCc1ccc(C)cc1C. The zero-order valence-corrected chi connectivity index (χ0v) is 15.8. The number of fused-ring (bicyclic) bond motifs is 1. The number of nitrogens with zero attached hydrogens (tertiary/aromatic N) is 3. The van der Waals surface area contributed by atoms with Crippen molar-refractivity contribution in [1.29, 1.82) is 0 Å². The van der Waals surface area contributed by atoms with Crippen molar-refractivity contribution in [2.24, 2.45) is 4.99 Å². The zero-order chi connectivity index (χ0) is 18.4. The number of aliphatic imine (C=N–C) groups is 1. The third kappa shape index (κ3) is 4.42. The topological polar surface area (TPSA) is 54.2 Å². The summed E-state index contributed by atoms with van der Waals surface area (Å²) in [4.78, 5) is 8.74. The van der Waals surface area contributed by atoms with E-state index < -0.39 is 0 Å². The van der Waals surface area contributed by atoms with Gasteiger partial charge in [0.25, 0.3) is 0 Å². The summed E-state index contributed by atoms with van der Waals surface area (Å²) in [5, 5.41) is 6.78. The van der Waals surface area contributed by atoms with Gasteiger partial charge in [-0.25, -0.2) is 4.98 Å². The van der Waals surface area contributed by atoms with E-state index in [1.807, 2.05) is 18.5 Å². The Labute approximate surface area is 155 Å². The Kier molecular flexibility index (Phi) is 5.89. The van der Waals surface area contributed by atoms with Gasteiger partial charge in [-0.15, -0.1) is 0 Å². The number of para-hydroxylation sites is 2. The van der Waals surface area contributed by atoms with E-state index >= 15 is 0 Å². The molecule has 0 radical (unpaired) electrons. The summed E-state index contributed by atoms with van der Waals surface area (Å²) in [5.74, 6) is 0.834. The predicted molar refractivity (Wildman–Crippen MR) is 108 cm³/mol. The number of hydrogen-bond acceptors (Lipinski definition) is 2. The first kappa shape index (κ1) is 18.0. The van der Waals surface area contributed by atoms with Crippen LogP contribution in [0.3, 0.4) is 0 Å². The molecule has 0 unspecified atom stereocenters. The van der Waals surface area contributed by atoms with Crippen LogP contribution in [0.25, 0.3) is 11.0 Å². The van der Waals surface area contributed by atoms with Crippen molar-refractivity contribution in [2.45, 2.75) is 33.4 Å². The molecule has 0 fully saturated rings. The average Bonchev–Trinajstić information content (AvgIpc) is 3.05. The molecule has 0 saturated heterocycles. The molecule has 0 aliphatic carbocycles. The lowest BCUT2D eigenvalue weighted by Gasteiger charge is -2.13. The Morgan fingerprint density at radius 1 is 1.12 bits per heavy atom. The Morgan fingerprint density at radius 3 is 2.77 bits per heavy atom. The van der Waals surface area contributed by atoms with E-state index in [1.54, 1.807) is 7.05 Å². The van der Waals surface area contributed by atoms with Crippen LogP contribution in [0.5, 0.6) is 0 Å². The van der Waals surface area contributed by atoms with E-state index in [0.717, 1.165) is 37.5 Å². The summed E-state index contributed by atoms with van der Waals surface area (Å²) in [5.41, 5.74) is 6.13. The number of rotatable bonds is 6. The Bertz CT molecular complexity index is 894. The average molecular weight is 349 g/mol. The summed E-state index contributed by atoms with van der Waals surface area (Å²) in [6.07, 6.45) is 2.92. The maximum absolute atomic E-state index is 4.43. The van der Waals surface area contributed by atoms with Crippen LogP contribution < -0.4 is 10.6 Å². The second kappa shape index (κ2) is 8.52.